The molecule has 0 saturated carbocycles. The summed E-state index contributed by atoms with van der Waals surface area (Å²) in [6.45, 7) is 8.36. The summed E-state index contributed by atoms with van der Waals surface area (Å²) in [5.74, 6) is 0.519. The number of ketones is 1. The van der Waals surface area contributed by atoms with E-state index in [2.05, 4.69) is 19.2 Å². The highest BCUT2D eigenvalue weighted by Crippen LogP contribution is 2.47. The third kappa shape index (κ3) is 4.97. The van der Waals surface area contributed by atoms with Crippen LogP contribution in [-0.4, -0.2) is 26.0 Å². The van der Waals surface area contributed by atoms with Crippen molar-refractivity contribution in [2.45, 2.75) is 53.1 Å². The summed E-state index contributed by atoms with van der Waals surface area (Å²) >= 11 is 0. The van der Waals surface area contributed by atoms with E-state index in [1.54, 1.807) is 7.11 Å². The molecule has 6 heteroatoms. The number of ether oxygens (including phenoxy) is 3. The molecule has 0 spiro atoms. The van der Waals surface area contributed by atoms with E-state index >= 15 is 0 Å². The fourth-order valence-electron chi connectivity index (χ4n) is 5.04. The quantitative estimate of drug-likeness (QED) is 0.567. The molecule has 0 aromatic heterocycles. The minimum Gasteiger partial charge on any atom is -0.496 e. The molecule has 1 aliphatic heterocycles. The smallest absolute Gasteiger partial charge is 0.336 e. The maximum absolute atomic E-state index is 13.4. The number of hydrogen-bond donors (Lipinski definition) is 1. The summed E-state index contributed by atoms with van der Waals surface area (Å²) in [4.78, 5) is 26.3. The molecule has 2 aromatic rings. The molecule has 2 aromatic carbocycles. The second-order valence-electron chi connectivity index (χ2n) is 10.1. The summed E-state index contributed by atoms with van der Waals surface area (Å²) in [6, 6.07) is 13.6. The van der Waals surface area contributed by atoms with Crippen molar-refractivity contribution >= 4 is 11.8 Å². The Balaban J connectivity index is 1.78. The Kier molecular flexibility index (Phi) is 6.75. The number of benzene rings is 2. The molecule has 0 radical (unpaired) electrons. The van der Waals surface area contributed by atoms with Crippen LogP contribution in [0, 0.1) is 12.3 Å². The minimum absolute atomic E-state index is 0.0518. The number of nitrogens with one attached hydrogen (secondary N) is 1. The third-order valence-electron chi connectivity index (χ3n) is 6.70. The van der Waals surface area contributed by atoms with Crippen molar-refractivity contribution in [2.75, 3.05) is 14.2 Å². The number of Topliss-reactive ketones (excluding diaryl/α,β-unsaturated/α-hetero) is 1. The maximum atomic E-state index is 13.4. The first-order chi connectivity index (χ1) is 16.6. The zero-order chi connectivity index (χ0) is 25.3. The van der Waals surface area contributed by atoms with Gasteiger partial charge in [-0.2, -0.15) is 0 Å². The number of dihydropyridines is 1. The molecule has 2 aliphatic rings. The van der Waals surface area contributed by atoms with Crippen molar-refractivity contribution < 1.29 is 23.8 Å². The molecule has 35 heavy (non-hydrogen) atoms. The maximum Gasteiger partial charge on any atom is 0.336 e. The van der Waals surface area contributed by atoms with Crippen molar-refractivity contribution in [1.82, 2.24) is 5.32 Å². The lowest BCUT2D eigenvalue weighted by molar-refractivity contribution is -0.136. The average molecular weight is 476 g/mol. The van der Waals surface area contributed by atoms with Gasteiger partial charge in [0.05, 0.1) is 19.8 Å². The van der Waals surface area contributed by atoms with Crippen LogP contribution in [0.1, 0.15) is 56.2 Å². The standard InChI is InChI=1S/C29H33NO5/c1-17-7-10-21(11-8-17)35-16-20-13-19(9-12-24(20)33-5)26-25(28(32)34-6)18(2)30-22-14-29(3,4)15-23(31)27(22)26/h7-13,26,30H,14-16H2,1-6H3/t26-/m0/s1. The Hall–Kier alpha value is -3.54. The largest absolute Gasteiger partial charge is 0.496 e. The van der Waals surface area contributed by atoms with Gasteiger partial charge in [0.1, 0.15) is 18.1 Å². The van der Waals surface area contributed by atoms with Crippen molar-refractivity contribution in [3.8, 4) is 11.5 Å². The van der Waals surface area contributed by atoms with Crippen LogP contribution in [0.3, 0.4) is 0 Å². The lowest BCUT2D eigenvalue weighted by Gasteiger charge is -2.39. The second kappa shape index (κ2) is 9.61. The van der Waals surface area contributed by atoms with E-state index in [9.17, 15) is 9.59 Å². The molecule has 4 rings (SSSR count). The number of hydrogen-bond acceptors (Lipinski definition) is 6. The summed E-state index contributed by atoms with van der Waals surface area (Å²) in [7, 11) is 2.98. The number of methoxy groups -OCH3 is 2. The SMILES string of the molecule is COC(=O)C1=C(C)NC2=C(C(=O)CC(C)(C)C2)[C@H]1c1ccc(OC)c(COc2ccc(C)cc2)c1. The van der Waals surface area contributed by atoms with Gasteiger partial charge in [-0.25, -0.2) is 4.79 Å². The van der Waals surface area contributed by atoms with E-state index in [-0.39, 0.29) is 17.8 Å². The normalized spacial score (nSPS) is 19.1. The highest BCUT2D eigenvalue weighted by molar-refractivity contribution is 6.04. The van der Waals surface area contributed by atoms with Gasteiger partial charge in [-0.3, -0.25) is 4.79 Å². The molecule has 0 bridgehead atoms. The van der Waals surface area contributed by atoms with E-state index in [0.717, 1.165) is 34.6 Å². The van der Waals surface area contributed by atoms with E-state index < -0.39 is 11.9 Å². The molecule has 0 saturated heterocycles. The Morgan fingerprint density at radius 1 is 1.06 bits per heavy atom. The highest BCUT2D eigenvalue weighted by atomic mass is 16.5. The molecule has 0 fully saturated rings. The van der Waals surface area contributed by atoms with Crippen LogP contribution in [0.5, 0.6) is 11.5 Å². The number of carbonyl (C=O) groups excluding carboxylic acids is 2. The second-order valence-corrected chi connectivity index (χ2v) is 10.1. The predicted octanol–water partition coefficient (Wildman–Crippen LogP) is 5.36. The van der Waals surface area contributed by atoms with E-state index in [1.165, 1.54) is 7.11 Å². The van der Waals surface area contributed by atoms with Crippen LogP contribution in [0.2, 0.25) is 0 Å². The molecular weight excluding hydrogens is 442 g/mol. The van der Waals surface area contributed by atoms with Crippen LogP contribution in [0.4, 0.5) is 0 Å². The monoisotopic (exact) mass is 475 g/mol. The van der Waals surface area contributed by atoms with Crippen molar-refractivity contribution in [3.63, 3.8) is 0 Å². The third-order valence-corrected chi connectivity index (χ3v) is 6.70. The van der Waals surface area contributed by atoms with Crippen LogP contribution >= 0.6 is 0 Å². The summed E-state index contributed by atoms with van der Waals surface area (Å²) in [6.07, 6.45) is 1.16. The molecule has 1 N–H and O–H groups in total. The molecule has 6 nitrogen and oxygen atoms in total. The molecular formula is C29H33NO5. The molecule has 1 aliphatic carbocycles. The van der Waals surface area contributed by atoms with Crippen LogP contribution < -0.4 is 14.8 Å². The Labute approximate surface area is 207 Å². The van der Waals surface area contributed by atoms with Crippen molar-refractivity contribution in [3.05, 3.63) is 81.7 Å². The Bertz CT molecular complexity index is 1220. The molecule has 184 valence electrons. The van der Waals surface area contributed by atoms with Crippen LogP contribution in [0.15, 0.2) is 65.0 Å². The number of allylic oxidation sites excluding steroid dienone is 3. The van der Waals surface area contributed by atoms with E-state index in [1.807, 2.05) is 56.3 Å². The van der Waals surface area contributed by atoms with Gasteiger partial charge in [-0.05, 0) is 55.5 Å². The van der Waals surface area contributed by atoms with Gasteiger partial charge in [0.25, 0.3) is 0 Å². The molecule has 0 amide bonds. The van der Waals surface area contributed by atoms with Gasteiger partial charge in [-0.1, -0.05) is 37.6 Å². The van der Waals surface area contributed by atoms with E-state index in [0.29, 0.717) is 29.0 Å². The van der Waals surface area contributed by atoms with Gasteiger partial charge in [0, 0.05) is 34.9 Å². The summed E-state index contributed by atoms with van der Waals surface area (Å²) in [5.41, 5.74) is 5.36. The highest BCUT2D eigenvalue weighted by Gasteiger charge is 2.43. The van der Waals surface area contributed by atoms with Gasteiger partial charge in [0.2, 0.25) is 0 Å². The van der Waals surface area contributed by atoms with Gasteiger partial charge >= 0.3 is 5.97 Å². The van der Waals surface area contributed by atoms with E-state index in [4.69, 9.17) is 14.2 Å². The fourth-order valence-corrected chi connectivity index (χ4v) is 5.04. The zero-order valence-corrected chi connectivity index (χ0v) is 21.3. The number of aryl methyl sites for hydroxylation is 1. The van der Waals surface area contributed by atoms with Crippen LogP contribution in [-0.2, 0) is 20.9 Å². The first-order valence-corrected chi connectivity index (χ1v) is 11.8. The van der Waals surface area contributed by atoms with Gasteiger partial charge < -0.3 is 19.5 Å². The number of esters is 1. The number of carbonyl (C=O) groups is 2. The molecule has 0 unspecified atom stereocenters. The topological polar surface area (TPSA) is 73.9 Å². The lowest BCUT2D eigenvalue weighted by atomic mass is 9.68. The minimum atomic E-state index is -0.522. The van der Waals surface area contributed by atoms with Gasteiger partial charge in [0.15, 0.2) is 5.78 Å². The molecule has 1 heterocycles. The Morgan fingerprint density at radius 2 is 1.77 bits per heavy atom. The summed E-state index contributed by atoms with van der Waals surface area (Å²) < 4.78 is 16.8. The first kappa shape index (κ1) is 24.6. The first-order valence-electron chi connectivity index (χ1n) is 11.8. The number of rotatable bonds is 6. The summed E-state index contributed by atoms with van der Waals surface area (Å²) in [5, 5.41) is 3.35. The molecule has 1 atom stereocenters. The predicted molar refractivity (Wildman–Crippen MR) is 134 cm³/mol. The van der Waals surface area contributed by atoms with Crippen molar-refractivity contribution in [1.29, 1.82) is 0 Å². The van der Waals surface area contributed by atoms with Crippen LogP contribution in [0.25, 0.3) is 0 Å². The fraction of sp³-hybridized carbons (Fsp3) is 0.379. The average Bonchev–Trinajstić information content (AvgIpc) is 2.81. The van der Waals surface area contributed by atoms with Gasteiger partial charge in [-0.15, -0.1) is 0 Å². The van der Waals surface area contributed by atoms with Crippen molar-refractivity contribution in [2.24, 2.45) is 5.41 Å². The zero-order valence-electron chi connectivity index (χ0n) is 21.3. The lowest BCUT2D eigenvalue weighted by Crippen LogP contribution is -2.38. The Morgan fingerprint density at radius 3 is 2.43 bits per heavy atom.